The first kappa shape index (κ1) is 10.2. The van der Waals surface area contributed by atoms with Crippen molar-refractivity contribution in [3.63, 3.8) is 0 Å². The average molecular weight is 241 g/mol. The Kier molecular flexibility index (Phi) is 2.30. The molecule has 0 aromatic heterocycles. The molecule has 0 spiro atoms. The monoisotopic (exact) mass is 241 g/mol. The van der Waals surface area contributed by atoms with E-state index in [1.807, 2.05) is 6.07 Å². The summed E-state index contributed by atoms with van der Waals surface area (Å²) in [6.07, 6.45) is 0.826. The Morgan fingerprint density at radius 2 is 2.00 bits per heavy atom. The molecule has 4 heteroatoms. The van der Waals surface area contributed by atoms with Crippen molar-refractivity contribution in [2.45, 2.75) is 6.42 Å². The Bertz CT molecular complexity index is 641. The van der Waals surface area contributed by atoms with Crippen LogP contribution >= 0.6 is 12.2 Å². The average Bonchev–Trinajstić information content (AvgIpc) is 2.68. The summed E-state index contributed by atoms with van der Waals surface area (Å²) in [4.78, 5) is 0. The van der Waals surface area contributed by atoms with Gasteiger partial charge < -0.3 is 5.73 Å². The van der Waals surface area contributed by atoms with Crippen LogP contribution in [0.2, 0.25) is 0 Å². The molecule has 0 saturated carbocycles. The molecule has 0 aliphatic heterocycles. The number of hydrogen-bond acceptors (Lipinski definition) is 2. The lowest BCUT2D eigenvalue weighted by Crippen LogP contribution is -2.25. The molecule has 0 atom stereocenters. The highest BCUT2D eigenvalue weighted by atomic mass is 32.1. The molecule has 3 N–H and O–H groups in total. The van der Waals surface area contributed by atoms with Gasteiger partial charge in [-0.15, -0.1) is 0 Å². The van der Waals surface area contributed by atoms with Crippen LogP contribution in [0, 0.1) is 0 Å². The van der Waals surface area contributed by atoms with Crippen LogP contribution in [-0.2, 0) is 6.42 Å². The van der Waals surface area contributed by atoms with E-state index in [0.717, 1.165) is 12.1 Å². The summed E-state index contributed by atoms with van der Waals surface area (Å²) in [6, 6.07) is 12.6. The van der Waals surface area contributed by atoms with Gasteiger partial charge in [-0.05, 0) is 28.6 Å². The van der Waals surface area contributed by atoms with Crippen molar-refractivity contribution in [3.8, 4) is 0 Å². The van der Waals surface area contributed by atoms with Gasteiger partial charge in [0.05, 0.1) is 5.71 Å². The molecule has 1 aliphatic carbocycles. The van der Waals surface area contributed by atoms with E-state index in [2.05, 4.69) is 40.9 Å². The van der Waals surface area contributed by atoms with Gasteiger partial charge in [0.25, 0.3) is 0 Å². The minimum Gasteiger partial charge on any atom is -0.375 e. The van der Waals surface area contributed by atoms with E-state index in [1.165, 1.54) is 21.9 Å². The zero-order valence-electron chi connectivity index (χ0n) is 9.10. The third-order valence-electron chi connectivity index (χ3n) is 2.96. The predicted molar refractivity (Wildman–Crippen MR) is 74.1 cm³/mol. The highest BCUT2D eigenvalue weighted by Crippen LogP contribution is 2.30. The van der Waals surface area contributed by atoms with Crippen LogP contribution in [0.5, 0.6) is 0 Å². The second kappa shape index (κ2) is 3.82. The fourth-order valence-electron chi connectivity index (χ4n) is 2.30. The standard InChI is InChI=1S/C13H11N3S/c14-13(17)16-15-11-7-9-5-1-3-8-4-2-6-10(11)12(8)9/h1-6H,7H2,(H3,14,16,17)/b15-11+. The lowest BCUT2D eigenvalue weighted by molar-refractivity contribution is 1.02. The zero-order chi connectivity index (χ0) is 11.8. The van der Waals surface area contributed by atoms with Crippen molar-refractivity contribution in [1.82, 2.24) is 5.43 Å². The van der Waals surface area contributed by atoms with Crippen molar-refractivity contribution < 1.29 is 0 Å². The summed E-state index contributed by atoms with van der Waals surface area (Å²) < 4.78 is 0. The largest absolute Gasteiger partial charge is 0.375 e. The number of hydrogen-bond donors (Lipinski definition) is 2. The molecule has 0 radical (unpaired) electrons. The third-order valence-corrected chi connectivity index (χ3v) is 3.05. The van der Waals surface area contributed by atoms with E-state index >= 15 is 0 Å². The third kappa shape index (κ3) is 1.66. The Morgan fingerprint density at radius 3 is 2.76 bits per heavy atom. The smallest absolute Gasteiger partial charge is 0.184 e. The van der Waals surface area contributed by atoms with Crippen molar-refractivity contribution in [1.29, 1.82) is 0 Å². The van der Waals surface area contributed by atoms with Crippen molar-refractivity contribution >= 4 is 33.8 Å². The molecule has 3 rings (SSSR count). The van der Waals surface area contributed by atoms with E-state index in [-0.39, 0.29) is 5.11 Å². The molecule has 0 heterocycles. The van der Waals surface area contributed by atoms with Crippen LogP contribution in [0.4, 0.5) is 0 Å². The lowest BCUT2D eigenvalue weighted by Gasteiger charge is -2.01. The van der Waals surface area contributed by atoms with Gasteiger partial charge in [-0.3, -0.25) is 5.43 Å². The van der Waals surface area contributed by atoms with E-state index in [4.69, 9.17) is 18.0 Å². The number of nitrogens with one attached hydrogen (secondary N) is 1. The first-order valence-electron chi connectivity index (χ1n) is 5.39. The van der Waals surface area contributed by atoms with Gasteiger partial charge in [0.1, 0.15) is 0 Å². The molecule has 17 heavy (non-hydrogen) atoms. The summed E-state index contributed by atoms with van der Waals surface area (Å²) in [5.41, 5.74) is 11.5. The molecule has 0 amide bonds. The molecular formula is C13H11N3S. The first-order valence-corrected chi connectivity index (χ1v) is 5.79. The number of benzene rings is 2. The molecule has 3 nitrogen and oxygen atoms in total. The quantitative estimate of drug-likeness (QED) is 0.592. The molecular weight excluding hydrogens is 230 g/mol. The number of thiocarbonyl (C=S) groups is 1. The highest BCUT2D eigenvalue weighted by Gasteiger charge is 2.19. The summed E-state index contributed by atoms with van der Waals surface area (Å²) in [5, 5.41) is 7.00. The maximum absolute atomic E-state index is 5.39. The molecule has 0 unspecified atom stereocenters. The van der Waals surface area contributed by atoms with Gasteiger partial charge in [-0.2, -0.15) is 5.10 Å². The van der Waals surface area contributed by atoms with Crippen LogP contribution in [0.25, 0.3) is 10.8 Å². The number of nitrogens with two attached hydrogens (primary N) is 1. The predicted octanol–water partition coefficient (Wildman–Crippen LogP) is 1.93. The molecule has 0 bridgehead atoms. The van der Waals surface area contributed by atoms with Crippen LogP contribution in [0.3, 0.4) is 0 Å². The minimum absolute atomic E-state index is 0.195. The maximum Gasteiger partial charge on any atom is 0.184 e. The second-order valence-electron chi connectivity index (χ2n) is 4.03. The number of hydrazone groups is 1. The Balaban J connectivity index is 2.16. The van der Waals surface area contributed by atoms with Gasteiger partial charge in [0.2, 0.25) is 0 Å². The van der Waals surface area contributed by atoms with E-state index < -0.39 is 0 Å². The van der Waals surface area contributed by atoms with E-state index in [0.29, 0.717) is 0 Å². The number of nitrogens with zero attached hydrogens (tertiary/aromatic N) is 1. The summed E-state index contributed by atoms with van der Waals surface area (Å²) in [6.45, 7) is 0. The van der Waals surface area contributed by atoms with Crippen molar-refractivity contribution in [3.05, 3.63) is 47.5 Å². The van der Waals surface area contributed by atoms with Crippen LogP contribution in [0.1, 0.15) is 11.1 Å². The fourth-order valence-corrected chi connectivity index (χ4v) is 2.35. The topological polar surface area (TPSA) is 50.4 Å². The Labute approximate surface area is 104 Å². The number of rotatable bonds is 1. The molecule has 0 saturated heterocycles. The SMILES string of the molecule is NC(=S)N/N=C1\Cc2cccc3cccc1c23. The zero-order valence-corrected chi connectivity index (χ0v) is 9.92. The van der Waals surface area contributed by atoms with Crippen LogP contribution in [0.15, 0.2) is 41.5 Å². The normalized spacial score (nSPS) is 15.4. The fraction of sp³-hybridized carbons (Fsp3) is 0.0769. The Morgan fingerprint density at radius 1 is 1.24 bits per heavy atom. The first-order chi connectivity index (χ1) is 8.25. The minimum atomic E-state index is 0.195. The maximum atomic E-state index is 5.39. The molecule has 2 aromatic carbocycles. The van der Waals surface area contributed by atoms with E-state index in [1.54, 1.807) is 0 Å². The summed E-state index contributed by atoms with van der Waals surface area (Å²) in [5.74, 6) is 0. The van der Waals surface area contributed by atoms with Gasteiger partial charge >= 0.3 is 0 Å². The van der Waals surface area contributed by atoms with Gasteiger partial charge in [-0.1, -0.05) is 36.4 Å². The van der Waals surface area contributed by atoms with Gasteiger partial charge in [0, 0.05) is 12.0 Å². The van der Waals surface area contributed by atoms with Crippen LogP contribution in [-0.4, -0.2) is 10.8 Å². The molecule has 84 valence electrons. The highest BCUT2D eigenvalue weighted by molar-refractivity contribution is 7.80. The van der Waals surface area contributed by atoms with Crippen LogP contribution < -0.4 is 11.2 Å². The lowest BCUT2D eigenvalue weighted by atomic mass is 10.1. The Hall–Kier alpha value is -1.94. The van der Waals surface area contributed by atoms with Crippen molar-refractivity contribution in [2.24, 2.45) is 10.8 Å². The summed E-state index contributed by atoms with van der Waals surface area (Å²) >= 11 is 4.76. The van der Waals surface area contributed by atoms with Gasteiger partial charge in [0.15, 0.2) is 5.11 Å². The molecule has 2 aromatic rings. The second-order valence-corrected chi connectivity index (χ2v) is 4.47. The molecule has 1 aliphatic rings. The van der Waals surface area contributed by atoms with E-state index in [9.17, 15) is 0 Å². The molecule has 0 fully saturated rings. The summed E-state index contributed by atoms with van der Waals surface area (Å²) in [7, 11) is 0. The van der Waals surface area contributed by atoms with Gasteiger partial charge in [-0.25, -0.2) is 0 Å². The van der Waals surface area contributed by atoms with Crippen molar-refractivity contribution in [2.75, 3.05) is 0 Å².